The number of rotatable bonds is 6. The fourth-order valence-corrected chi connectivity index (χ4v) is 3.78. The Morgan fingerprint density at radius 1 is 1.14 bits per heavy atom. The number of hydrogen-bond acceptors (Lipinski definition) is 2. The number of halogens is 3. The first kappa shape index (κ1) is 17.1. The van der Waals surface area contributed by atoms with Gasteiger partial charge in [0.15, 0.2) is 0 Å². The molecular weight excluding hydrogens is 277 g/mol. The molecule has 0 aromatic heterocycles. The molecule has 2 rings (SSSR count). The van der Waals surface area contributed by atoms with Gasteiger partial charge in [-0.25, -0.2) is 0 Å². The van der Waals surface area contributed by atoms with E-state index in [2.05, 4.69) is 19.2 Å². The number of alkyl halides is 3. The highest BCUT2D eigenvalue weighted by Crippen LogP contribution is 2.39. The Hall–Kier alpha value is -0.290. The second-order valence-electron chi connectivity index (χ2n) is 7.07. The van der Waals surface area contributed by atoms with Crippen LogP contribution in [0, 0.1) is 11.8 Å². The maximum absolute atomic E-state index is 13.0. The summed E-state index contributed by atoms with van der Waals surface area (Å²) in [6.07, 6.45) is 0.806. The van der Waals surface area contributed by atoms with E-state index in [4.69, 9.17) is 0 Å². The summed E-state index contributed by atoms with van der Waals surface area (Å²) in [5.41, 5.74) is 0. The van der Waals surface area contributed by atoms with Gasteiger partial charge in [0.1, 0.15) is 0 Å². The summed E-state index contributed by atoms with van der Waals surface area (Å²) in [5.74, 6) is 1.11. The Bertz CT molecular complexity index is 326. The smallest absolute Gasteiger partial charge is 0.313 e. The van der Waals surface area contributed by atoms with Crippen LogP contribution in [-0.4, -0.2) is 42.3 Å². The predicted octanol–water partition coefficient (Wildman–Crippen LogP) is 3.82. The van der Waals surface area contributed by atoms with E-state index >= 15 is 0 Å². The minimum absolute atomic E-state index is 0.0419. The topological polar surface area (TPSA) is 15.3 Å². The molecule has 0 saturated heterocycles. The van der Waals surface area contributed by atoms with Crippen molar-refractivity contribution in [3.05, 3.63) is 0 Å². The molecule has 3 unspecified atom stereocenters. The van der Waals surface area contributed by atoms with Crippen molar-refractivity contribution in [3.8, 4) is 0 Å². The van der Waals surface area contributed by atoms with E-state index in [0.29, 0.717) is 11.8 Å². The van der Waals surface area contributed by atoms with E-state index in [1.54, 1.807) is 4.90 Å². The summed E-state index contributed by atoms with van der Waals surface area (Å²) in [4.78, 5) is 1.77. The molecule has 2 aliphatic carbocycles. The zero-order valence-electron chi connectivity index (χ0n) is 13.4. The predicted molar refractivity (Wildman–Crippen MR) is 79.2 cm³/mol. The normalized spacial score (nSPS) is 31.1. The quantitative estimate of drug-likeness (QED) is 0.802. The number of nitrogens with zero attached hydrogens (tertiary/aromatic N) is 1. The molecule has 0 bridgehead atoms. The van der Waals surface area contributed by atoms with Gasteiger partial charge in [0.05, 0.1) is 6.54 Å². The minimum atomic E-state index is -4.09. The summed E-state index contributed by atoms with van der Waals surface area (Å²) < 4.78 is 38.9. The Kier molecular flexibility index (Phi) is 5.58. The van der Waals surface area contributed by atoms with Crippen molar-refractivity contribution in [1.29, 1.82) is 0 Å². The highest BCUT2D eigenvalue weighted by molar-refractivity contribution is 4.98. The number of likely N-dealkylation sites (N-methyl/N-ethyl adjacent to an activating group) is 1. The van der Waals surface area contributed by atoms with Crippen LogP contribution in [0.1, 0.15) is 52.9 Å². The fraction of sp³-hybridized carbons (Fsp3) is 1.00. The van der Waals surface area contributed by atoms with E-state index in [1.165, 1.54) is 0 Å². The van der Waals surface area contributed by atoms with Gasteiger partial charge in [-0.1, -0.05) is 20.8 Å². The van der Waals surface area contributed by atoms with E-state index < -0.39 is 12.7 Å². The summed E-state index contributed by atoms with van der Waals surface area (Å²) in [7, 11) is 0. The molecule has 0 aliphatic heterocycles. The second kappa shape index (κ2) is 6.86. The molecule has 21 heavy (non-hydrogen) atoms. The molecule has 2 saturated carbocycles. The maximum atomic E-state index is 13.0. The van der Waals surface area contributed by atoms with Crippen LogP contribution in [0.25, 0.3) is 0 Å². The van der Waals surface area contributed by atoms with Crippen molar-refractivity contribution in [1.82, 2.24) is 10.2 Å². The van der Waals surface area contributed by atoms with Crippen LogP contribution in [0.5, 0.6) is 0 Å². The van der Waals surface area contributed by atoms with Crippen molar-refractivity contribution < 1.29 is 13.2 Å². The lowest BCUT2D eigenvalue weighted by Crippen LogP contribution is -2.56. The molecule has 5 heteroatoms. The van der Waals surface area contributed by atoms with Gasteiger partial charge in [-0.15, -0.1) is 0 Å². The molecule has 3 atom stereocenters. The van der Waals surface area contributed by atoms with Crippen molar-refractivity contribution in [2.75, 3.05) is 13.1 Å². The average Bonchev–Trinajstić information content (AvgIpc) is 3.20. The average molecular weight is 306 g/mol. The van der Waals surface area contributed by atoms with Crippen LogP contribution in [0.3, 0.4) is 0 Å². The summed E-state index contributed by atoms with van der Waals surface area (Å²) >= 11 is 0. The minimum Gasteiger partial charge on any atom is -0.313 e. The molecule has 0 spiro atoms. The van der Waals surface area contributed by atoms with Crippen LogP contribution in [0.2, 0.25) is 0 Å². The molecular formula is C16H29F3N2. The first-order valence-electron chi connectivity index (χ1n) is 8.37. The van der Waals surface area contributed by atoms with Crippen molar-refractivity contribution in [2.45, 2.75) is 77.2 Å². The van der Waals surface area contributed by atoms with Crippen LogP contribution >= 0.6 is 0 Å². The molecule has 0 aromatic carbocycles. The Morgan fingerprint density at radius 3 is 2.29 bits per heavy atom. The number of hydrogen-bond donors (Lipinski definition) is 1. The van der Waals surface area contributed by atoms with Gasteiger partial charge in [0.2, 0.25) is 0 Å². The monoisotopic (exact) mass is 306 g/mol. The molecule has 124 valence electrons. The highest BCUT2D eigenvalue weighted by Gasteiger charge is 2.45. The van der Waals surface area contributed by atoms with Crippen molar-refractivity contribution in [3.63, 3.8) is 0 Å². The summed E-state index contributed by atoms with van der Waals surface area (Å²) in [5, 5.41) is 3.43. The fourth-order valence-electron chi connectivity index (χ4n) is 3.78. The van der Waals surface area contributed by atoms with Crippen LogP contribution in [-0.2, 0) is 0 Å². The van der Waals surface area contributed by atoms with Gasteiger partial charge in [-0.3, -0.25) is 4.90 Å². The van der Waals surface area contributed by atoms with Crippen LogP contribution in [0.15, 0.2) is 0 Å². The van der Waals surface area contributed by atoms with E-state index in [1.807, 2.05) is 6.92 Å². The SMILES string of the molecule is CCNC1CCC(C(C)C)CC1N(CC(F)(F)F)C1CC1. The lowest BCUT2D eigenvalue weighted by atomic mass is 9.76. The lowest BCUT2D eigenvalue weighted by Gasteiger charge is -2.44. The third-order valence-electron chi connectivity index (χ3n) is 5.07. The Labute approximate surface area is 126 Å². The van der Waals surface area contributed by atoms with E-state index in [-0.39, 0.29) is 18.1 Å². The molecule has 2 nitrogen and oxygen atoms in total. The van der Waals surface area contributed by atoms with Gasteiger partial charge in [0.25, 0.3) is 0 Å². The molecule has 0 amide bonds. The van der Waals surface area contributed by atoms with Gasteiger partial charge in [0, 0.05) is 18.1 Å². The largest absolute Gasteiger partial charge is 0.401 e. The number of nitrogens with one attached hydrogen (secondary N) is 1. The first-order chi connectivity index (χ1) is 9.81. The maximum Gasteiger partial charge on any atom is 0.401 e. The van der Waals surface area contributed by atoms with E-state index in [0.717, 1.165) is 38.6 Å². The van der Waals surface area contributed by atoms with Gasteiger partial charge in [-0.2, -0.15) is 13.2 Å². The zero-order valence-corrected chi connectivity index (χ0v) is 13.4. The lowest BCUT2D eigenvalue weighted by molar-refractivity contribution is -0.156. The summed E-state index contributed by atoms with van der Waals surface area (Å²) in [6, 6.07) is 0.414. The molecule has 0 heterocycles. The highest BCUT2D eigenvalue weighted by atomic mass is 19.4. The molecule has 2 aliphatic rings. The van der Waals surface area contributed by atoms with Crippen LogP contribution in [0.4, 0.5) is 13.2 Å². The zero-order chi connectivity index (χ0) is 15.6. The van der Waals surface area contributed by atoms with Crippen LogP contribution < -0.4 is 5.32 Å². The van der Waals surface area contributed by atoms with Crippen molar-refractivity contribution in [2.24, 2.45) is 11.8 Å². The second-order valence-corrected chi connectivity index (χ2v) is 7.07. The molecule has 0 aromatic rings. The Balaban J connectivity index is 2.11. The first-order valence-corrected chi connectivity index (χ1v) is 8.37. The van der Waals surface area contributed by atoms with Crippen molar-refractivity contribution >= 4 is 0 Å². The van der Waals surface area contributed by atoms with Gasteiger partial charge in [-0.05, 0) is 50.5 Å². The summed E-state index contributed by atoms with van der Waals surface area (Å²) in [6.45, 7) is 6.52. The van der Waals surface area contributed by atoms with E-state index in [9.17, 15) is 13.2 Å². The molecule has 2 fully saturated rings. The van der Waals surface area contributed by atoms with Gasteiger partial charge >= 0.3 is 6.18 Å². The van der Waals surface area contributed by atoms with Gasteiger partial charge < -0.3 is 5.32 Å². The molecule has 1 N–H and O–H groups in total. The third-order valence-corrected chi connectivity index (χ3v) is 5.07. The molecule has 0 radical (unpaired) electrons. The standard InChI is InChI=1S/C16H29F3N2/c1-4-20-14-8-5-12(11(2)3)9-15(14)21(13-6-7-13)10-16(17,18)19/h11-15,20H,4-10H2,1-3H3. The Morgan fingerprint density at radius 2 is 1.81 bits per heavy atom. The third kappa shape index (κ3) is 4.85.